The summed E-state index contributed by atoms with van der Waals surface area (Å²) in [4.78, 5) is 38.6. The van der Waals surface area contributed by atoms with Crippen LogP contribution < -0.4 is 10.6 Å². The lowest BCUT2D eigenvalue weighted by molar-refractivity contribution is -0.113. The topological polar surface area (TPSA) is 191 Å². The molecule has 0 saturated carbocycles. The number of allylic oxidation sites excluding steroid dienone is 1. The van der Waals surface area contributed by atoms with Crippen LogP contribution in [0.25, 0.3) is 78.9 Å². The van der Waals surface area contributed by atoms with Crippen LogP contribution in [0, 0.1) is 0 Å². The summed E-state index contributed by atoms with van der Waals surface area (Å²) in [6.07, 6.45) is 11.6. The molecule has 0 spiro atoms. The molecule has 1 unspecified atom stereocenters. The molecule has 1 aliphatic heterocycles. The Labute approximate surface area is 507 Å². The molecule has 4 aromatic heterocycles. The molecule has 9 aromatic carbocycles. The number of nitrogens with two attached hydrogens (primary N) is 1. The van der Waals surface area contributed by atoms with Gasteiger partial charge in [0.15, 0.2) is 17.9 Å². The molecule has 0 radical (unpaired) electrons. The standard InChI is InChI=1S/C73H58N12O3/c74-70(87)60-32-14-13-31-59(60)64(84(66(86)41-35-49-19-5-1-6-20-49)58-30-18-23-52(44-58)68-61-45-53(71-75-47-77-80-71)36-38-63(61)78-79-68)39-34-50-21-17-22-51(43-50)69-62-46-54(37-40-65(62)85(81-69)67-33-15-16-42-88-67)72-76-48-83(82-72)73(55-24-7-2-8-25-55,56-26-9-3-10-27-56)57-28-11-4-12-29-57/h1-14,17-32,35-41,43-48,67H,15-16,33-34,42H2,(H2,74,87)(H,78,79)(H,75,77,80). The lowest BCUT2D eigenvalue weighted by Gasteiger charge is -2.35. The fourth-order valence-electron chi connectivity index (χ4n) is 12.1. The number of aromatic amines is 2. The molecule has 1 atom stereocenters. The Hall–Kier alpha value is -11.4. The van der Waals surface area contributed by atoms with Crippen molar-refractivity contribution in [2.24, 2.45) is 5.73 Å². The van der Waals surface area contributed by atoms with Gasteiger partial charge in [-0.05, 0) is 120 Å². The highest BCUT2D eigenvalue weighted by atomic mass is 16.5. The first-order valence-electron chi connectivity index (χ1n) is 29.3. The summed E-state index contributed by atoms with van der Waals surface area (Å²) in [6, 6.07) is 76.3. The van der Waals surface area contributed by atoms with Gasteiger partial charge in [0.2, 0.25) is 5.91 Å². The molecule has 15 nitrogen and oxygen atoms in total. The number of benzene rings is 9. The minimum atomic E-state index is -0.850. The summed E-state index contributed by atoms with van der Waals surface area (Å²) in [5, 5.41) is 28.7. The van der Waals surface area contributed by atoms with E-state index < -0.39 is 11.4 Å². The van der Waals surface area contributed by atoms with E-state index in [1.54, 1.807) is 35.5 Å². The van der Waals surface area contributed by atoms with Gasteiger partial charge in [-0.3, -0.25) is 19.6 Å². The third-order valence-electron chi connectivity index (χ3n) is 16.3. The van der Waals surface area contributed by atoms with E-state index in [0.717, 1.165) is 96.8 Å². The number of nitrogens with zero attached hydrogens (tertiary/aromatic N) is 9. The van der Waals surface area contributed by atoms with Gasteiger partial charge in [-0.25, -0.2) is 14.3 Å². The third-order valence-corrected chi connectivity index (χ3v) is 16.3. The van der Waals surface area contributed by atoms with Gasteiger partial charge < -0.3 is 15.5 Å². The molecule has 15 heteroatoms. The summed E-state index contributed by atoms with van der Waals surface area (Å²) in [6.45, 7) is 0.646. The molecule has 88 heavy (non-hydrogen) atoms. The molecule has 1 fully saturated rings. The lowest BCUT2D eigenvalue weighted by atomic mass is 9.77. The highest BCUT2D eigenvalue weighted by Crippen LogP contribution is 2.42. The van der Waals surface area contributed by atoms with E-state index in [4.69, 9.17) is 30.8 Å². The minimum absolute atomic E-state index is 0.253. The van der Waals surface area contributed by atoms with Crippen molar-refractivity contribution in [3.63, 3.8) is 0 Å². The van der Waals surface area contributed by atoms with Gasteiger partial charge in [0.1, 0.15) is 23.9 Å². The van der Waals surface area contributed by atoms with Crippen LogP contribution in [0.4, 0.5) is 5.69 Å². The maximum atomic E-state index is 15.3. The molecule has 1 saturated heterocycles. The second-order valence-electron chi connectivity index (χ2n) is 21.7. The maximum Gasteiger partial charge on any atom is 0.255 e. The smallest absolute Gasteiger partial charge is 0.255 e. The van der Waals surface area contributed by atoms with Crippen molar-refractivity contribution in [3.8, 4) is 45.3 Å². The number of nitrogens with one attached hydrogen (secondary N) is 2. The Morgan fingerprint density at radius 1 is 0.648 bits per heavy atom. The number of aromatic nitrogens is 10. The highest BCUT2D eigenvalue weighted by molar-refractivity contribution is 6.15. The SMILES string of the molecule is NC(=O)c1ccccc1C(=CCc1cccc(-c2nn(C3CCCCO3)c3ccc(-c4ncn(C(c5ccccc5)(c5ccccc5)c5ccccc5)n4)cc23)c1)N(C(=O)C=Cc1ccccc1)c1cccc(-c2n[nH]c3ccc(-c4nnc[nH]4)cc23)c1. The molecular weight excluding hydrogens is 1090 g/mol. The molecule has 2 amide bonds. The number of amides is 2. The number of hydrogen-bond donors (Lipinski definition) is 3. The minimum Gasteiger partial charge on any atom is -0.366 e. The molecule has 0 aliphatic carbocycles. The van der Waals surface area contributed by atoms with Crippen LogP contribution in [0.1, 0.15) is 69.2 Å². The van der Waals surface area contributed by atoms with E-state index in [1.807, 2.05) is 131 Å². The van der Waals surface area contributed by atoms with Crippen LogP contribution in [0.15, 0.2) is 255 Å². The van der Waals surface area contributed by atoms with E-state index in [1.165, 1.54) is 0 Å². The van der Waals surface area contributed by atoms with Gasteiger partial charge in [-0.15, -0.1) is 15.3 Å². The van der Waals surface area contributed by atoms with Crippen molar-refractivity contribution in [1.82, 2.24) is 49.9 Å². The van der Waals surface area contributed by atoms with E-state index in [-0.39, 0.29) is 17.7 Å². The Balaban J connectivity index is 0.880. The molecule has 5 heterocycles. The van der Waals surface area contributed by atoms with Crippen molar-refractivity contribution in [2.45, 2.75) is 37.5 Å². The predicted molar refractivity (Wildman–Crippen MR) is 344 cm³/mol. The van der Waals surface area contributed by atoms with Crippen molar-refractivity contribution >= 4 is 51.1 Å². The zero-order chi connectivity index (χ0) is 59.4. The first-order valence-corrected chi connectivity index (χ1v) is 29.3. The van der Waals surface area contributed by atoms with E-state index >= 15 is 4.79 Å². The summed E-state index contributed by atoms with van der Waals surface area (Å²) < 4.78 is 10.4. The monoisotopic (exact) mass is 1150 g/mol. The van der Waals surface area contributed by atoms with E-state index in [2.05, 4.69) is 129 Å². The molecule has 14 rings (SSSR count). The van der Waals surface area contributed by atoms with E-state index in [0.29, 0.717) is 47.3 Å². The molecule has 4 N–H and O–H groups in total. The molecule has 1 aliphatic rings. The van der Waals surface area contributed by atoms with E-state index in [9.17, 15) is 4.79 Å². The fraction of sp³-hybridized carbons (Fsp3) is 0.0959. The summed E-state index contributed by atoms with van der Waals surface area (Å²) in [5.41, 5.74) is 18.4. The summed E-state index contributed by atoms with van der Waals surface area (Å²) in [5.74, 6) is 0.185. The van der Waals surface area contributed by atoms with Crippen LogP contribution in [0.5, 0.6) is 0 Å². The number of primary amides is 1. The highest BCUT2D eigenvalue weighted by Gasteiger charge is 2.40. The average Bonchev–Trinajstić information content (AvgIpc) is 1.55. The summed E-state index contributed by atoms with van der Waals surface area (Å²) in [7, 11) is 0. The van der Waals surface area contributed by atoms with Crippen LogP contribution in [-0.4, -0.2) is 68.3 Å². The first kappa shape index (κ1) is 54.5. The second kappa shape index (κ2) is 23.9. The number of rotatable bonds is 17. The van der Waals surface area contributed by atoms with Crippen molar-refractivity contribution in [1.29, 1.82) is 0 Å². The number of carbonyl (C=O) groups excluding carboxylic acids is 2. The number of anilines is 1. The number of carbonyl (C=O) groups is 2. The predicted octanol–water partition coefficient (Wildman–Crippen LogP) is 14.3. The largest absolute Gasteiger partial charge is 0.366 e. The van der Waals surface area contributed by atoms with Crippen LogP contribution in [0.3, 0.4) is 0 Å². The lowest BCUT2D eigenvalue weighted by Crippen LogP contribution is -2.38. The molecule has 13 aromatic rings. The number of H-pyrrole nitrogens is 2. The number of ether oxygens (including phenoxy) is 1. The van der Waals surface area contributed by atoms with Crippen molar-refractivity contribution in [3.05, 3.63) is 294 Å². The molecular formula is C73H58N12O3. The van der Waals surface area contributed by atoms with Crippen molar-refractivity contribution < 1.29 is 14.3 Å². The Kier molecular flexibility index (Phi) is 14.8. The normalized spacial score (nSPS) is 13.8. The number of hydrogen-bond acceptors (Lipinski definition) is 9. The Morgan fingerprint density at radius 2 is 1.32 bits per heavy atom. The molecule has 428 valence electrons. The van der Waals surface area contributed by atoms with Crippen LogP contribution >= 0.6 is 0 Å². The van der Waals surface area contributed by atoms with Crippen LogP contribution in [0.2, 0.25) is 0 Å². The molecule has 0 bridgehead atoms. The summed E-state index contributed by atoms with van der Waals surface area (Å²) >= 11 is 0. The van der Waals surface area contributed by atoms with Crippen LogP contribution in [-0.2, 0) is 21.5 Å². The zero-order valence-corrected chi connectivity index (χ0v) is 47.8. The second-order valence-corrected chi connectivity index (χ2v) is 21.7. The zero-order valence-electron chi connectivity index (χ0n) is 47.8. The Bertz CT molecular complexity index is 4600. The fourth-order valence-corrected chi connectivity index (χ4v) is 12.1. The third kappa shape index (κ3) is 10.4. The van der Waals surface area contributed by atoms with Gasteiger partial charge in [-0.2, -0.15) is 10.2 Å². The van der Waals surface area contributed by atoms with Gasteiger partial charge >= 0.3 is 0 Å². The Morgan fingerprint density at radius 3 is 2.01 bits per heavy atom. The number of fused-ring (bicyclic) bond motifs is 2. The van der Waals surface area contributed by atoms with Crippen molar-refractivity contribution in [2.75, 3.05) is 11.5 Å². The first-order chi connectivity index (χ1) is 43.4. The average molecular weight is 1150 g/mol. The van der Waals surface area contributed by atoms with Gasteiger partial charge in [0, 0.05) is 62.5 Å². The van der Waals surface area contributed by atoms with Gasteiger partial charge in [0.05, 0.1) is 22.4 Å². The van der Waals surface area contributed by atoms with Gasteiger partial charge in [0.25, 0.3) is 5.91 Å². The quantitative estimate of drug-likeness (QED) is 0.0588. The van der Waals surface area contributed by atoms with Gasteiger partial charge in [-0.1, -0.05) is 176 Å². The maximum absolute atomic E-state index is 15.3.